The van der Waals surface area contributed by atoms with Gasteiger partial charge in [-0.2, -0.15) is 0 Å². The first kappa shape index (κ1) is 8.90. The third-order valence-electron chi connectivity index (χ3n) is 2.29. The summed E-state index contributed by atoms with van der Waals surface area (Å²) in [4.78, 5) is 7.24. The molecule has 2 aromatic heterocycles. The van der Waals surface area contributed by atoms with Crippen molar-refractivity contribution >= 4 is 11.3 Å². The van der Waals surface area contributed by atoms with Gasteiger partial charge < -0.3 is 9.72 Å². The van der Waals surface area contributed by atoms with Crippen LogP contribution in [0.25, 0.3) is 22.7 Å². The van der Waals surface area contributed by atoms with Gasteiger partial charge in [-0.25, -0.2) is 9.61 Å². The molecule has 0 atom stereocenters. The average Bonchev–Trinajstić information content (AvgIpc) is 2.89. The highest BCUT2D eigenvalue weighted by molar-refractivity contribution is 5.71. The summed E-state index contributed by atoms with van der Waals surface area (Å²) in [6, 6.07) is 7.56. The summed E-state index contributed by atoms with van der Waals surface area (Å²) in [5.74, 6) is 1.52. The highest BCUT2D eigenvalue weighted by Crippen LogP contribution is 2.21. The van der Waals surface area contributed by atoms with Crippen molar-refractivity contribution in [3.63, 3.8) is 0 Å². The van der Waals surface area contributed by atoms with Gasteiger partial charge in [0.05, 0.1) is 7.11 Å². The summed E-state index contributed by atoms with van der Waals surface area (Å²) < 4.78 is 9.60. The molecule has 0 saturated heterocycles. The van der Waals surface area contributed by atoms with Crippen LogP contribution in [0.4, 0.5) is 0 Å². The number of imidazole rings is 1. The topological polar surface area (TPSA) is 76.8 Å². The van der Waals surface area contributed by atoms with Gasteiger partial charge in [-0.15, -0.1) is 0 Å². The number of aromatic amines is 1. The van der Waals surface area contributed by atoms with E-state index in [1.807, 2.05) is 24.3 Å². The molecule has 1 N–H and O–H groups in total. The molecule has 6 heteroatoms. The van der Waals surface area contributed by atoms with Crippen LogP contribution in [0.5, 0.6) is 5.75 Å². The quantitative estimate of drug-likeness (QED) is 0.704. The van der Waals surface area contributed by atoms with Gasteiger partial charge in [-0.3, -0.25) is 0 Å². The van der Waals surface area contributed by atoms with Gasteiger partial charge in [0.1, 0.15) is 11.6 Å². The molecule has 3 aromatic rings. The Labute approximate surface area is 90.2 Å². The standard InChI is InChI=1S/C10H8N4O2/c1-15-7-4-2-6(3-5-7)8-11-9-10(12-8)14-16-13-9/h2-5H,1H3,(H,11,12,13,14). The molecular formula is C10H8N4O2. The van der Waals surface area contributed by atoms with Crippen molar-refractivity contribution in [1.82, 2.24) is 20.3 Å². The van der Waals surface area contributed by atoms with Gasteiger partial charge in [0.15, 0.2) is 0 Å². The van der Waals surface area contributed by atoms with Crippen LogP contribution >= 0.6 is 0 Å². The van der Waals surface area contributed by atoms with E-state index in [-0.39, 0.29) is 0 Å². The summed E-state index contributed by atoms with van der Waals surface area (Å²) in [6.45, 7) is 0. The van der Waals surface area contributed by atoms with Crippen LogP contribution < -0.4 is 4.74 Å². The highest BCUT2D eigenvalue weighted by Gasteiger charge is 2.09. The molecule has 0 aliphatic rings. The molecule has 0 saturated carbocycles. The van der Waals surface area contributed by atoms with Gasteiger partial charge in [-0.1, -0.05) is 0 Å². The molecule has 16 heavy (non-hydrogen) atoms. The zero-order valence-corrected chi connectivity index (χ0v) is 8.47. The molecule has 0 fully saturated rings. The maximum absolute atomic E-state index is 5.08. The Hall–Kier alpha value is -2.37. The molecule has 6 nitrogen and oxygen atoms in total. The van der Waals surface area contributed by atoms with Crippen LogP contribution in [0.3, 0.4) is 0 Å². The molecule has 80 valence electrons. The molecule has 0 aliphatic carbocycles. The monoisotopic (exact) mass is 216 g/mol. The number of fused-ring (bicyclic) bond motifs is 1. The number of benzene rings is 1. The van der Waals surface area contributed by atoms with Crippen molar-refractivity contribution in [2.45, 2.75) is 0 Å². The van der Waals surface area contributed by atoms with Crippen molar-refractivity contribution in [1.29, 1.82) is 0 Å². The highest BCUT2D eigenvalue weighted by atomic mass is 16.6. The molecule has 3 rings (SSSR count). The predicted octanol–water partition coefficient (Wildman–Crippen LogP) is 1.62. The van der Waals surface area contributed by atoms with Gasteiger partial charge in [0, 0.05) is 5.56 Å². The van der Waals surface area contributed by atoms with E-state index in [9.17, 15) is 0 Å². The SMILES string of the molecule is COc1ccc(-c2nc3nonc3[nH]2)cc1. The summed E-state index contributed by atoms with van der Waals surface area (Å²) in [7, 11) is 1.63. The van der Waals surface area contributed by atoms with Crippen LogP contribution in [0.2, 0.25) is 0 Å². The maximum Gasteiger partial charge on any atom is 0.243 e. The van der Waals surface area contributed by atoms with E-state index in [2.05, 4.69) is 24.9 Å². The zero-order chi connectivity index (χ0) is 11.0. The summed E-state index contributed by atoms with van der Waals surface area (Å²) in [5, 5.41) is 7.32. The number of aromatic nitrogens is 4. The third kappa shape index (κ3) is 1.31. The normalized spacial score (nSPS) is 10.8. The summed E-state index contributed by atoms with van der Waals surface area (Å²) >= 11 is 0. The van der Waals surface area contributed by atoms with Gasteiger partial charge in [0.25, 0.3) is 0 Å². The Bertz CT molecular complexity index is 583. The van der Waals surface area contributed by atoms with Crippen molar-refractivity contribution in [2.24, 2.45) is 0 Å². The minimum atomic E-state index is 0.478. The van der Waals surface area contributed by atoms with Crippen LogP contribution in [-0.2, 0) is 0 Å². The molecular weight excluding hydrogens is 208 g/mol. The third-order valence-corrected chi connectivity index (χ3v) is 2.29. The number of rotatable bonds is 2. The first-order valence-corrected chi connectivity index (χ1v) is 4.69. The van der Waals surface area contributed by atoms with Crippen molar-refractivity contribution in [3.05, 3.63) is 24.3 Å². The molecule has 0 radical (unpaired) electrons. The second-order valence-electron chi connectivity index (χ2n) is 3.25. The lowest BCUT2D eigenvalue weighted by Crippen LogP contribution is -1.84. The molecule has 1 aromatic carbocycles. The minimum Gasteiger partial charge on any atom is -0.497 e. The van der Waals surface area contributed by atoms with E-state index in [0.29, 0.717) is 17.1 Å². The predicted molar refractivity (Wildman–Crippen MR) is 55.9 cm³/mol. The lowest BCUT2D eigenvalue weighted by Gasteiger charge is -1.99. The van der Waals surface area contributed by atoms with E-state index in [0.717, 1.165) is 11.3 Å². The van der Waals surface area contributed by atoms with Gasteiger partial charge >= 0.3 is 0 Å². The van der Waals surface area contributed by atoms with E-state index < -0.39 is 0 Å². The van der Waals surface area contributed by atoms with Crippen LogP contribution in [0, 0.1) is 0 Å². The van der Waals surface area contributed by atoms with Crippen LogP contribution in [0.1, 0.15) is 0 Å². The van der Waals surface area contributed by atoms with E-state index in [1.165, 1.54) is 0 Å². The molecule has 0 unspecified atom stereocenters. The van der Waals surface area contributed by atoms with Crippen molar-refractivity contribution in [2.75, 3.05) is 7.11 Å². The largest absolute Gasteiger partial charge is 0.497 e. The molecule has 0 bridgehead atoms. The molecule has 0 spiro atoms. The number of methoxy groups -OCH3 is 1. The second kappa shape index (κ2) is 3.34. The van der Waals surface area contributed by atoms with E-state index in [1.54, 1.807) is 7.11 Å². The number of hydrogen-bond donors (Lipinski definition) is 1. The lowest BCUT2D eigenvalue weighted by atomic mass is 10.2. The Morgan fingerprint density at radius 3 is 2.69 bits per heavy atom. The summed E-state index contributed by atoms with van der Waals surface area (Å²) in [6.07, 6.45) is 0. The molecule has 0 amide bonds. The fraction of sp³-hybridized carbons (Fsp3) is 0.100. The number of H-pyrrole nitrogens is 1. The average molecular weight is 216 g/mol. The molecule has 2 heterocycles. The minimum absolute atomic E-state index is 0.478. The number of ether oxygens (including phenoxy) is 1. The first-order valence-electron chi connectivity index (χ1n) is 4.69. The first-order chi connectivity index (χ1) is 7.86. The number of hydrogen-bond acceptors (Lipinski definition) is 5. The van der Waals surface area contributed by atoms with Gasteiger partial charge in [-0.05, 0) is 34.6 Å². The maximum atomic E-state index is 5.08. The number of nitrogens with zero attached hydrogens (tertiary/aromatic N) is 3. The zero-order valence-electron chi connectivity index (χ0n) is 8.47. The lowest BCUT2D eigenvalue weighted by molar-refractivity contribution is 0.313. The second-order valence-corrected chi connectivity index (χ2v) is 3.25. The smallest absolute Gasteiger partial charge is 0.243 e. The molecule has 0 aliphatic heterocycles. The Kier molecular flexibility index (Phi) is 1.86. The van der Waals surface area contributed by atoms with Gasteiger partial charge in [0.2, 0.25) is 11.3 Å². The Morgan fingerprint density at radius 1 is 1.19 bits per heavy atom. The van der Waals surface area contributed by atoms with E-state index >= 15 is 0 Å². The van der Waals surface area contributed by atoms with Crippen molar-refractivity contribution < 1.29 is 9.37 Å². The fourth-order valence-electron chi connectivity index (χ4n) is 1.47. The summed E-state index contributed by atoms with van der Waals surface area (Å²) in [5.41, 5.74) is 1.97. The van der Waals surface area contributed by atoms with Crippen molar-refractivity contribution in [3.8, 4) is 17.1 Å². The Balaban J connectivity index is 2.05. The van der Waals surface area contributed by atoms with Crippen LogP contribution in [-0.4, -0.2) is 27.4 Å². The van der Waals surface area contributed by atoms with E-state index in [4.69, 9.17) is 4.74 Å². The fourth-order valence-corrected chi connectivity index (χ4v) is 1.47. The van der Waals surface area contributed by atoms with Crippen LogP contribution in [0.15, 0.2) is 28.9 Å². The Morgan fingerprint density at radius 2 is 2.00 bits per heavy atom. The number of nitrogens with one attached hydrogen (secondary N) is 1.